The van der Waals surface area contributed by atoms with Crippen molar-refractivity contribution in [1.82, 2.24) is 0 Å². The Bertz CT molecular complexity index is 153. The van der Waals surface area contributed by atoms with E-state index in [9.17, 15) is 0 Å². The Hall–Kier alpha value is 0. The highest BCUT2D eigenvalue weighted by Gasteiger charge is 2.80. The highest BCUT2D eigenvalue weighted by molar-refractivity contribution is 5.29. The molecule has 0 heterocycles. The summed E-state index contributed by atoms with van der Waals surface area (Å²) in [5.41, 5.74) is 1.84. The molecule has 44 valence electrons. The third-order valence-corrected chi connectivity index (χ3v) is 4.06. The van der Waals surface area contributed by atoms with Crippen molar-refractivity contribution >= 4 is 0 Å². The van der Waals surface area contributed by atoms with Gasteiger partial charge >= 0.3 is 0 Å². The van der Waals surface area contributed by atoms with Gasteiger partial charge in [-0.05, 0) is 42.4 Å². The molecule has 1 spiro atoms. The molecule has 0 bridgehead atoms. The summed E-state index contributed by atoms with van der Waals surface area (Å²) in [6.45, 7) is 2.49. The molecule has 3 aliphatic carbocycles. The summed E-state index contributed by atoms with van der Waals surface area (Å²) < 4.78 is 0. The first-order chi connectivity index (χ1) is 3.77. The lowest BCUT2D eigenvalue weighted by Gasteiger charge is -2.01. The Labute approximate surface area is 50.3 Å². The van der Waals surface area contributed by atoms with E-state index in [0.29, 0.717) is 0 Å². The second-order valence-electron chi connectivity index (χ2n) is 4.33. The molecule has 0 aromatic carbocycles. The zero-order valence-electron chi connectivity index (χ0n) is 5.41. The van der Waals surface area contributed by atoms with Gasteiger partial charge in [-0.3, -0.25) is 0 Å². The Morgan fingerprint density at radius 2 is 2.38 bits per heavy atom. The molecular formula is C8H12. The van der Waals surface area contributed by atoms with Gasteiger partial charge in [0, 0.05) is 0 Å². The van der Waals surface area contributed by atoms with Crippen LogP contribution in [0.5, 0.6) is 0 Å². The quantitative estimate of drug-likeness (QED) is 0.446. The van der Waals surface area contributed by atoms with Gasteiger partial charge in [-0.2, -0.15) is 0 Å². The second kappa shape index (κ2) is 0.698. The topological polar surface area (TPSA) is 0 Å². The van der Waals surface area contributed by atoms with Crippen molar-refractivity contribution in [3.8, 4) is 0 Å². The van der Waals surface area contributed by atoms with E-state index in [2.05, 4.69) is 6.92 Å². The van der Waals surface area contributed by atoms with Gasteiger partial charge in [0.15, 0.2) is 0 Å². The van der Waals surface area contributed by atoms with E-state index in [1.807, 2.05) is 0 Å². The highest BCUT2D eigenvalue weighted by Crippen LogP contribution is 2.88. The summed E-state index contributed by atoms with van der Waals surface area (Å²) in [5.74, 6) is 1.20. The van der Waals surface area contributed by atoms with Crippen LogP contribution in [0.3, 0.4) is 0 Å². The third kappa shape index (κ3) is 0.191. The summed E-state index contributed by atoms with van der Waals surface area (Å²) in [6.07, 6.45) is 6.31. The zero-order chi connectivity index (χ0) is 5.41. The Morgan fingerprint density at radius 1 is 1.50 bits per heavy atom. The molecule has 0 aromatic heterocycles. The standard InChI is InChI=1S/C8H12/c1-7-3-2-6-4-8(6,7)5-7/h6H,2-5H2,1H3. The fraction of sp³-hybridized carbons (Fsp3) is 1.00. The van der Waals surface area contributed by atoms with Crippen LogP contribution in [0, 0.1) is 16.7 Å². The molecule has 3 saturated carbocycles. The maximum atomic E-state index is 2.49. The van der Waals surface area contributed by atoms with Gasteiger partial charge in [-0.15, -0.1) is 0 Å². The fourth-order valence-corrected chi connectivity index (χ4v) is 3.20. The van der Waals surface area contributed by atoms with Gasteiger partial charge < -0.3 is 0 Å². The molecule has 0 N–H and O–H groups in total. The normalized spacial score (nSPS) is 73.9. The van der Waals surface area contributed by atoms with Gasteiger partial charge in [0.05, 0.1) is 0 Å². The smallest absolute Gasteiger partial charge is 0.0207 e. The van der Waals surface area contributed by atoms with Gasteiger partial charge in [0.25, 0.3) is 0 Å². The van der Waals surface area contributed by atoms with Crippen LogP contribution in [0.4, 0.5) is 0 Å². The van der Waals surface area contributed by atoms with Crippen LogP contribution in [0.2, 0.25) is 0 Å². The molecule has 0 aromatic rings. The maximum absolute atomic E-state index is 2.49. The Balaban J connectivity index is 2.12. The van der Waals surface area contributed by atoms with E-state index in [1.165, 1.54) is 5.92 Å². The van der Waals surface area contributed by atoms with Crippen LogP contribution in [0.15, 0.2) is 0 Å². The predicted octanol–water partition coefficient (Wildman–Crippen LogP) is 2.20. The van der Waals surface area contributed by atoms with Crippen molar-refractivity contribution in [2.45, 2.75) is 32.6 Å². The Morgan fingerprint density at radius 3 is 2.50 bits per heavy atom. The summed E-state index contributed by atoms with van der Waals surface area (Å²) in [6, 6.07) is 0. The fourth-order valence-electron chi connectivity index (χ4n) is 3.20. The van der Waals surface area contributed by atoms with Gasteiger partial charge in [0.2, 0.25) is 0 Å². The molecule has 3 rings (SSSR count). The SMILES string of the molecule is CC12CCC3CC31C2. The summed E-state index contributed by atoms with van der Waals surface area (Å²) in [4.78, 5) is 0. The lowest BCUT2D eigenvalue weighted by molar-refractivity contribution is 0.498. The first kappa shape index (κ1) is 3.92. The van der Waals surface area contributed by atoms with Crippen LogP contribution in [-0.4, -0.2) is 0 Å². The molecule has 0 amide bonds. The second-order valence-corrected chi connectivity index (χ2v) is 4.33. The predicted molar refractivity (Wildman–Crippen MR) is 32.5 cm³/mol. The minimum absolute atomic E-state index is 0.873. The van der Waals surface area contributed by atoms with Crippen molar-refractivity contribution in [2.75, 3.05) is 0 Å². The summed E-state index contributed by atoms with van der Waals surface area (Å²) >= 11 is 0. The van der Waals surface area contributed by atoms with Crippen LogP contribution < -0.4 is 0 Å². The third-order valence-electron chi connectivity index (χ3n) is 4.06. The lowest BCUT2D eigenvalue weighted by atomic mass is 10.0. The maximum Gasteiger partial charge on any atom is -0.0207 e. The van der Waals surface area contributed by atoms with Crippen molar-refractivity contribution in [1.29, 1.82) is 0 Å². The van der Waals surface area contributed by atoms with E-state index in [1.54, 1.807) is 25.7 Å². The molecule has 3 unspecified atom stereocenters. The molecule has 3 atom stereocenters. The first-order valence-corrected chi connectivity index (χ1v) is 3.77. The monoisotopic (exact) mass is 108 g/mol. The van der Waals surface area contributed by atoms with Crippen LogP contribution in [0.1, 0.15) is 32.6 Å². The number of hydrogen-bond donors (Lipinski definition) is 0. The lowest BCUT2D eigenvalue weighted by Crippen LogP contribution is -1.90. The largest absolute Gasteiger partial charge is 0.0591 e. The molecule has 8 heavy (non-hydrogen) atoms. The van der Waals surface area contributed by atoms with Crippen molar-refractivity contribution in [3.63, 3.8) is 0 Å². The average Bonchev–Trinajstić information content (AvgIpc) is 2.49. The van der Waals surface area contributed by atoms with E-state index >= 15 is 0 Å². The average molecular weight is 108 g/mol. The van der Waals surface area contributed by atoms with E-state index in [-0.39, 0.29) is 0 Å². The van der Waals surface area contributed by atoms with Crippen molar-refractivity contribution in [2.24, 2.45) is 16.7 Å². The molecule has 0 heteroatoms. The molecule has 0 nitrogen and oxygen atoms in total. The van der Waals surface area contributed by atoms with Crippen molar-refractivity contribution < 1.29 is 0 Å². The van der Waals surface area contributed by atoms with E-state index in [0.717, 1.165) is 10.8 Å². The Kier molecular flexibility index (Phi) is 0.342. The number of rotatable bonds is 0. The molecule has 0 radical (unpaired) electrons. The van der Waals surface area contributed by atoms with Crippen LogP contribution in [0.25, 0.3) is 0 Å². The first-order valence-electron chi connectivity index (χ1n) is 3.77. The molecular weight excluding hydrogens is 96.1 g/mol. The van der Waals surface area contributed by atoms with Crippen LogP contribution >= 0.6 is 0 Å². The summed E-state index contributed by atoms with van der Waals surface area (Å²) in [7, 11) is 0. The minimum Gasteiger partial charge on any atom is -0.0591 e. The van der Waals surface area contributed by atoms with Gasteiger partial charge in [0.1, 0.15) is 0 Å². The van der Waals surface area contributed by atoms with Gasteiger partial charge in [-0.25, -0.2) is 0 Å². The number of hydrogen-bond acceptors (Lipinski definition) is 0. The zero-order valence-corrected chi connectivity index (χ0v) is 5.41. The molecule has 3 aliphatic rings. The molecule has 0 saturated heterocycles. The highest BCUT2D eigenvalue weighted by atomic mass is 14.8. The van der Waals surface area contributed by atoms with E-state index in [4.69, 9.17) is 0 Å². The van der Waals surface area contributed by atoms with Gasteiger partial charge in [-0.1, -0.05) is 6.92 Å². The van der Waals surface area contributed by atoms with E-state index < -0.39 is 0 Å². The summed E-state index contributed by atoms with van der Waals surface area (Å²) in [5, 5.41) is 0. The minimum atomic E-state index is 0.873. The van der Waals surface area contributed by atoms with Crippen molar-refractivity contribution in [3.05, 3.63) is 0 Å². The molecule has 3 fully saturated rings. The molecule has 0 aliphatic heterocycles. The van der Waals surface area contributed by atoms with Crippen LogP contribution in [-0.2, 0) is 0 Å².